The molecule has 1 fully saturated rings. The van der Waals surface area contributed by atoms with Crippen LogP contribution in [0, 0.1) is 5.92 Å². The molecule has 5 aromatic carbocycles. The molecule has 0 spiro atoms. The fourth-order valence-corrected chi connectivity index (χ4v) is 5.68. The van der Waals surface area contributed by atoms with Crippen molar-refractivity contribution >= 4 is 44.6 Å². The predicted octanol–water partition coefficient (Wildman–Crippen LogP) is 6.47. The number of hydrogen-bond donors (Lipinski definition) is 0. The summed E-state index contributed by atoms with van der Waals surface area (Å²) in [4.78, 5) is 0. The van der Waals surface area contributed by atoms with E-state index in [1.807, 2.05) is 0 Å². The largest absolute Gasteiger partial charge is 0.493 e. The summed E-state index contributed by atoms with van der Waals surface area (Å²) in [6, 6.07) is 39.8. The molecule has 0 radical (unpaired) electrons. The van der Waals surface area contributed by atoms with Crippen molar-refractivity contribution in [2.24, 2.45) is 5.92 Å². The zero-order chi connectivity index (χ0) is 23.5. The Morgan fingerprint density at radius 3 is 1.63 bits per heavy atom. The summed E-state index contributed by atoms with van der Waals surface area (Å²) < 4.78 is 6.21. The predicted molar refractivity (Wildman–Crippen MR) is 151 cm³/mol. The van der Waals surface area contributed by atoms with Crippen molar-refractivity contribution in [3.8, 4) is 5.75 Å². The second kappa shape index (κ2) is 10.00. The minimum atomic E-state index is 0.164. The van der Waals surface area contributed by atoms with E-state index in [4.69, 9.17) is 4.74 Å². The second-order valence-electron chi connectivity index (χ2n) is 10.0. The van der Waals surface area contributed by atoms with Crippen LogP contribution < -0.4 is 21.1 Å². The average molecular weight is 454 g/mol. The Bertz CT molecular complexity index is 1350. The smallest absolute Gasteiger partial charge is 0.241 e. The third kappa shape index (κ3) is 4.84. The van der Waals surface area contributed by atoms with Crippen LogP contribution in [0.4, 0.5) is 0 Å². The molecule has 172 valence electrons. The van der Waals surface area contributed by atoms with Crippen LogP contribution >= 0.6 is 0 Å². The lowest BCUT2D eigenvalue weighted by molar-refractivity contribution is 0.209. The van der Waals surface area contributed by atoms with Crippen LogP contribution in [0.2, 0.25) is 0 Å². The van der Waals surface area contributed by atoms with Gasteiger partial charge >= 0.3 is 0 Å². The van der Waals surface area contributed by atoms with Crippen LogP contribution in [-0.4, -0.2) is 13.3 Å². The Labute approximate surface area is 208 Å². The van der Waals surface area contributed by atoms with Crippen LogP contribution in [0.1, 0.15) is 32.1 Å². The van der Waals surface area contributed by atoms with Crippen LogP contribution in [0.15, 0.2) is 109 Å². The summed E-state index contributed by atoms with van der Waals surface area (Å²) in [7, 11) is 0. The van der Waals surface area contributed by atoms with Gasteiger partial charge in [0.1, 0.15) is 5.75 Å². The third-order valence-corrected chi connectivity index (χ3v) is 7.64. The topological polar surface area (TPSA) is 9.23 Å². The lowest BCUT2D eigenvalue weighted by Crippen LogP contribution is -2.51. The normalized spacial score (nSPS) is 14.3. The first kappa shape index (κ1) is 22.0. The average Bonchev–Trinajstić information content (AvgIpc) is 2.93. The molecule has 0 amide bonds. The molecule has 0 heterocycles. The van der Waals surface area contributed by atoms with E-state index >= 15 is 0 Å². The van der Waals surface area contributed by atoms with Crippen LogP contribution in [0.5, 0.6) is 5.75 Å². The quantitative estimate of drug-likeness (QED) is 0.267. The van der Waals surface area contributed by atoms with E-state index in [0.717, 1.165) is 12.4 Å². The fourth-order valence-electron chi connectivity index (χ4n) is 5.68. The molecule has 1 aliphatic carbocycles. The van der Waals surface area contributed by atoms with Gasteiger partial charge in [-0.1, -0.05) is 133 Å². The molecule has 1 nitrogen and oxygen atoms in total. The fraction of sp³-hybridized carbons (Fsp3) is 0.212. The lowest BCUT2D eigenvalue weighted by atomic mass is 9.36. The number of hydrogen-bond acceptors (Lipinski definition) is 1. The minimum Gasteiger partial charge on any atom is -0.493 e. The van der Waals surface area contributed by atoms with Gasteiger partial charge in [0.25, 0.3) is 0 Å². The molecule has 0 atom stereocenters. The van der Waals surface area contributed by atoms with Crippen molar-refractivity contribution in [1.29, 1.82) is 0 Å². The lowest BCUT2D eigenvalue weighted by Gasteiger charge is -2.22. The Balaban J connectivity index is 1.35. The molecule has 0 aromatic heterocycles. The Morgan fingerprint density at radius 2 is 1.06 bits per heavy atom. The van der Waals surface area contributed by atoms with Gasteiger partial charge in [-0.05, 0) is 52.4 Å². The van der Waals surface area contributed by atoms with Gasteiger partial charge in [0, 0.05) is 0 Å². The zero-order valence-electron chi connectivity index (χ0n) is 20.2. The van der Waals surface area contributed by atoms with Crippen molar-refractivity contribution < 1.29 is 4.74 Å². The van der Waals surface area contributed by atoms with Gasteiger partial charge in [-0.25, -0.2) is 0 Å². The molecule has 0 unspecified atom stereocenters. The van der Waals surface area contributed by atoms with E-state index in [1.54, 1.807) is 0 Å². The van der Waals surface area contributed by atoms with E-state index in [-0.39, 0.29) is 6.71 Å². The number of benzene rings is 5. The van der Waals surface area contributed by atoms with Crippen LogP contribution in [-0.2, 0) is 0 Å². The third-order valence-electron chi connectivity index (χ3n) is 7.64. The summed E-state index contributed by atoms with van der Waals surface area (Å²) in [6.45, 7) is 1.01. The van der Waals surface area contributed by atoms with Gasteiger partial charge < -0.3 is 4.74 Å². The molecule has 0 bridgehead atoms. The first-order valence-electron chi connectivity index (χ1n) is 13.0. The molecule has 1 aliphatic rings. The molecular weight excluding hydrogens is 423 g/mol. The van der Waals surface area contributed by atoms with Crippen molar-refractivity contribution in [3.63, 3.8) is 0 Å². The number of rotatable bonds is 6. The maximum Gasteiger partial charge on any atom is 0.241 e. The van der Waals surface area contributed by atoms with Gasteiger partial charge in [-0.2, -0.15) is 0 Å². The molecule has 6 rings (SSSR count). The molecule has 35 heavy (non-hydrogen) atoms. The molecule has 1 saturated carbocycles. The monoisotopic (exact) mass is 454 g/mol. The molecular formula is C33H31BO. The summed E-state index contributed by atoms with van der Waals surface area (Å²) in [5, 5.41) is 5.12. The van der Waals surface area contributed by atoms with Crippen molar-refractivity contribution in [3.05, 3.63) is 109 Å². The standard InChI is InChI=1S/C33H31BO/c1-2-8-25(9-3-1)24-35-33-20-18-30(19-21-33)34(31-16-14-26-10-4-6-12-28(26)22-31)32-17-15-27-11-5-7-13-29(27)23-32/h4-7,10-23,25H,1-3,8-9,24H2. The summed E-state index contributed by atoms with van der Waals surface area (Å²) in [5.74, 6) is 1.70. The number of ether oxygens (including phenoxy) is 1. The van der Waals surface area contributed by atoms with Crippen LogP contribution in [0.25, 0.3) is 21.5 Å². The maximum atomic E-state index is 6.21. The van der Waals surface area contributed by atoms with Gasteiger partial charge in [-0.3, -0.25) is 0 Å². The van der Waals surface area contributed by atoms with E-state index in [1.165, 1.54) is 70.0 Å². The zero-order valence-corrected chi connectivity index (χ0v) is 20.2. The van der Waals surface area contributed by atoms with Gasteiger partial charge in [0.05, 0.1) is 6.61 Å². The van der Waals surface area contributed by atoms with Crippen molar-refractivity contribution in [2.75, 3.05) is 6.61 Å². The van der Waals surface area contributed by atoms with E-state index in [0.29, 0.717) is 5.92 Å². The van der Waals surface area contributed by atoms with Gasteiger partial charge in [0.2, 0.25) is 6.71 Å². The maximum absolute atomic E-state index is 6.21. The first-order chi connectivity index (χ1) is 17.3. The van der Waals surface area contributed by atoms with Crippen molar-refractivity contribution in [1.82, 2.24) is 0 Å². The summed E-state index contributed by atoms with van der Waals surface area (Å²) >= 11 is 0. The summed E-state index contributed by atoms with van der Waals surface area (Å²) in [6.07, 6.45) is 6.71. The molecule has 0 aliphatic heterocycles. The van der Waals surface area contributed by atoms with E-state index in [9.17, 15) is 0 Å². The minimum absolute atomic E-state index is 0.164. The molecule has 2 heteroatoms. The molecule has 0 N–H and O–H groups in total. The van der Waals surface area contributed by atoms with E-state index < -0.39 is 0 Å². The highest BCUT2D eigenvalue weighted by atomic mass is 16.5. The second-order valence-corrected chi connectivity index (χ2v) is 10.0. The SMILES string of the molecule is c1ccc2cc(B(c3ccc(OCC4CCCCC4)cc3)c3ccc4ccccc4c3)ccc2c1. The van der Waals surface area contributed by atoms with Gasteiger partial charge in [0.15, 0.2) is 0 Å². The van der Waals surface area contributed by atoms with E-state index in [2.05, 4.69) is 109 Å². The van der Waals surface area contributed by atoms with Crippen molar-refractivity contribution in [2.45, 2.75) is 32.1 Å². The van der Waals surface area contributed by atoms with Gasteiger partial charge in [-0.15, -0.1) is 0 Å². The highest BCUT2D eigenvalue weighted by molar-refractivity contribution is 6.95. The van der Waals surface area contributed by atoms with Crippen LogP contribution in [0.3, 0.4) is 0 Å². The Kier molecular flexibility index (Phi) is 6.28. The highest BCUT2D eigenvalue weighted by Crippen LogP contribution is 2.24. The Hall–Kier alpha value is -3.52. The summed E-state index contributed by atoms with van der Waals surface area (Å²) in [5.41, 5.74) is 3.92. The molecule has 5 aromatic rings. The highest BCUT2D eigenvalue weighted by Gasteiger charge is 2.23. The Morgan fingerprint density at radius 1 is 0.543 bits per heavy atom. The molecule has 0 saturated heterocycles. The first-order valence-corrected chi connectivity index (χ1v) is 13.0. The number of fused-ring (bicyclic) bond motifs is 2.